The first-order valence-corrected chi connectivity index (χ1v) is 10.1. The molecule has 0 saturated carbocycles. The lowest BCUT2D eigenvalue weighted by molar-refractivity contribution is -0.131. The number of rotatable bonds is 4. The molecular weight excluding hydrogens is 425 g/mol. The zero-order valence-corrected chi connectivity index (χ0v) is 18.1. The van der Waals surface area contributed by atoms with Crippen LogP contribution < -0.4 is 5.32 Å². The Labute approximate surface area is 183 Å². The molecule has 30 heavy (non-hydrogen) atoms. The molecule has 0 spiro atoms. The van der Waals surface area contributed by atoms with Crippen LogP contribution >= 0.6 is 23.2 Å². The number of urea groups is 1. The first-order valence-electron chi connectivity index (χ1n) is 9.30. The number of oxazole rings is 1. The van der Waals surface area contributed by atoms with Crippen molar-refractivity contribution in [2.75, 3.05) is 0 Å². The van der Waals surface area contributed by atoms with E-state index in [1.165, 1.54) is 6.26 Å². The van der Waals surface area contributed by atoms with E-state index >= 15 is 0 Å². The van der Waals surface area contributed by atoms with Crippen molar-refractivity contribution < 1.29 is 14.0 Å². The second-order valence-corrected chi connectivity index (χ2v) is 8.38. The largest absolute Gasteiger partial charge is 0.444 e. The topological polar surface area (TPSA) is 75.4 Å². The number of nitrogens with zero attached hydrogens (tertiary/aromatic N) is 2. The Balaban J connectivity index is 1.59. The van der Waals surface area contributed by atoms with Crippen LogP contribution in [0.3, 0.4) is 0 Å². The van der Waals surface area contributed by atoms with Gasteiger partial charge < -0.3 is 9.73 Å². The zero-order chi connectivity index (χ0) is 21.6. The van der Waals surface area contributed by atoms with Gasteiger partial charge in [0.2, 0.25) is 5.89 Å². The van der Waals surface area contributed by atoms with E-state index < -0.39 is 17.5 Å². The smallest absolute Gasteiger partial charge is 0.325 e. The third-order valence-corrected chi connectivity index (χ3v) is 5.78. The van der Waals surface area contributed by atoms with Crippen LogP contribution in [0, 0.1) is 13.8 Å². The number of nitrogens with one attached hydrogen (secondary N) is 1. The van der Waals surface area contributed by atoms with E-state index in [0.717, 1.165) is 21.6 Å². The number of amides is 3. The molecule has 0 unspecified atom stereocenters. The number of aryl methyl sites for hydroxylation is 2. The first kappa shape index (κ1) is 20.4. The fourth-order valence-electron chi connectivity index (χ4n) is 3.64. The van der Waals surface area contributed by atoms with Crippen molar-refractivity contribution in [3.8, 4) is 11.5 Å². The van der Waals surface area contributed by atoms with Crippen LogP contribution in [0.4, 0.5) is 4.79 Å². The predicted octanol–water partition coefficient (Wildman–Crippen LogP) is 5.23. The minimum Gasteiger partial charge on any atom is -0.444 e. The number of benzene rings is 2. The number of imide groups is 1. The molecule has 2 aromatic carbocycles. The maximum absolute atomic E-state index is 13.1. The van der Waals surface area contributed by atoms with Crippen molar-refractivity contribution in [2.24, 2.45) is 0 Å². The lowest BCUT2D eigenvalue weighted by Gasteiger charge is -2.23. The van der Waals surface area contributed by atoms with Crippen molar-refractivity contribution in [3.05, 3.63) is 75.1 Å². The van der Waals surface area contributed by atoms with E-state index in [1.54, 1.807) is 25.1 Å². The molecule has 0 bridgehead atoms. The van der Waals surface area contributed by atoms with Gasteiger partial charge >= 0.3 is 6.03 Å². The quantitative estimate of drug-likeness (QED) is 0.559. The molecule has 4 rings (SSSR count). The monoisotopic (exact) mass is 443 g/mol. The third kappa shape index (κ3) is 3.46. The zero-order valence-electron chi connectivity index (χ0n) is 16.6. The van der Waals surface area contributed by atoms with E-state index in [1.807, 2.05) is 32.0 Å². The van der Waals surface area contributed by atoms with Gasteiger partial charge in [0.15, 0.2) is 0 Å². The van der Waals surface area contributed by atoms with Crippen LogP contribution in [0.15, 0.2) is 47.1 Å². The molecule has 3 aromatic rings. The average molecular weight is 444 g/mol. The average Bonchev–Trinajstić information content (AvgIpc) is 3.21. The molecule has 1 fully saturated rings. The number of hydrogen-bond donors (Lipinski definition) is 1. The van der Waals surface area contributed by atoms with Crippen LogP contribution in [0.25, 0.3) is 11.5 Å². The molecule has 0 radical (unpaired) electrons. The molecule has 1 aliphatic rings. The van der Waals surface area contributed by atoms with Crippen LogP contribution in [0.5, 0.6) is 0 Å². The van der Waals surface area contributed by atoms with Crippen molar-refractivity contribution >= 4 is 35.1 Å². The summed E-state index contributed by atoms with van der Waals surface area (Å²) in [5.74, 6) is 0.0193. The summed E-state index contributed by atoms with van der Waals surface area (Å²) >= 11 is 12.2. The van der Waals surface area contributed by atoms with E-state index in [0.29, 0.717) is 27.2 Å². The minimum absolute atomic E-state index is 0.0140. The lowest BCUT2D eigenvalue weighted by Crippen LogP contribution is -2.41. The summed E-state index contributed by atoms with van der Waals surface area (Å²) in [5, 5.41) is 3.48. The van der Waals surface area contributed by atoms with Crippen molar-refractivity contribution in [2.45, 2.75) is 32.9 Å². The SMILES string of the molecule is Cc1ccc(-c2nc(CN3C(=O)N[C@@](C)(c4ccc(Cl)cc4Cl)C3=O)co2)c(C)c1. The number of halogens is 2. The number of carbonyl (C=O) groups excluding carboxylic acids is 2. The molecule has 1 N–H and O–H groups in total. The van der Waals surface area contributed by atoms with E-state index in [4.69, 9.17) is 27.6 Å². The summed E-state index contributed by atoms with van der Waals surface area (Å²) in [6.45, 7) is 5.59. The van der Waals surface area contributed by atoms with Gasteiger partial charge in [-0.15, -0.1) is 0 Å². The van der Waals surface area contributed by atoms with Gasteiger partial charge in [-0.2, -0.15) is 0 Å². The molecule has 1 aliphatic heterocycles. The maximum atomic E-state index is 13.1. The van der Waals surface area contributed by atoms with E-state index in [2.05, 4.69) is 10.3 Å². The first-order chi connectivity index (χ1) is 14.2. The molecule has 1 saturated heterocycles. The van der Waals surface area contributed by atoms with Gasteiger partial charge in [-0.25, -0.2) is 9.78 Å². The molecule has 3 amide bonds. The predicted molar refractivity (Wildman–Crippen MR) is 114 cm³/mol. The fraction of sp³-hybridized carbons (Fsp3) is 0.227. The van der Waals surface area contributed by atoms with Crippen molar-refractivity contribution in [1.29, 1.82) is 0 Å². The Morgan fingerprint density at radius 3 is 2.60 bits per heavy atom. The molecule has 0 aliphatic carbocycles. The summed E-state index contributed by atoms with van der Waals surface area (Å²) in [6, 6.07) is 10.2. The second-order valence-electron chi connectivity index (χ2n) is 7.53. The Morgan fingerprint density at radius 1 is 1.13 bits per heavy atom. The van der Waals surface area contributed by atoms with Crippen LogP contribution in [0.1, 0.15) is 29.3 Å². The molecular formula is C22H19Cl2N3O3. The summed E-state index contributed by atoms with van der Waals surface area (Å²) in [7, 11) is 0. The molecule has 6 nitrogen and oxygen atoms in total. The van der Waals surface area contributed by atoms with Gasteiger partial charge in [0.05, 0.1) is 12.2 Å². The second kappa shape index (κ2) is 7.45. The summed E-state index contributed by atoms with van der Waals surface area (Å²) in [6.07, 6.45) is 1.46. The highest BCUT2D eigenvalue weighted by molar-refractivity contribution is 6.35. The van der Waals surface area contributed by atoms with Crippen LogP contribution in [-0.4, -0.2) is 21.8 Å². The third-order valence-electron chi connectivity index (χ3n) is 5.23. The number of carbonyl (C=O) groups is 2. The van der Waals surface area contributed by atoms with Crippen LogP contribution in [0.2, 0.25) is 10.0 Å². The molecule has 1 atom stereocenters. The maximum Gasteiger partial charge on any atom is 0.325 e. The van der Waals surface area contributed by atoms with Gasteiger partial charge in [0, 0.05) is 21.2 Å². The Kier molecular flexibility index (Phi) is 5.08. The van der Waals surface area contributed by atoms with Gasteiger partial charge in [-0.1, -0.05) is 47.0 Å². The molecule has 154 valence electrons. The van der Waals surface area contributed by atoms with E-state index in [-0.39, 0.29) is 6.54 Å². The molecule has 1 aromatic heterocycles. The van der Waals surface area contributed by atoms with Gasteiger partial charge in [0.1, 0.15) is 11.8 Å². The highest BCUT2D eigenvalue weighted by Crippen LogP contribution is 2.35. The molecule has 2 heterocycles. The van der Waals surface area contributed by atoms with Crippen LogP contribution in [-0.2, 0) is 16.9 Å². The van der Waals surface area contributed by atoms with Gasteiger partial charge in [0.25, 0.3) is 5.91 Å². The van der Waals surface area contributed by atoms with Crippen molar-refractivity contribution in [1.82, 2.24) is 15.2 Å². The number of hydrogen-bond acceptors (Lipinski definition) is 4. The normalized spacial score (nSPS) is 18.8. The Morgan fingerprint density at radius 2 is 1.90 bits per heavy atom. The Bertz CT molecular complexity index is 1170. The van der Waals surface area contributed by atoms with E-state index in [9.17, 15) is 9.59 Å². The summed E-state index contributed by atoms with van der Waals surface area (Å²) < 4.78 is 5.60. The van der Waals surface area contributed by atoms with Crippen molar-refractivity contribution in [3.63, 3.8) is 0 Å². The number of aromatic nitrogens is 1. The van der Waals surface area contributed by atoms with Gasteiger partial charge in [-0.3, -0.25) is 9.69 Å². The Hall–Kier alpha value is -2.83. The minimum atomic E-state index is -1.29. The fourth-order valence-corrected chi connectivity index (χ4v) is 4.23. The highest BCUT2D eigenvalue weighted by atomic mass is 35.5. The van der Waals surface area contributed by atoms with Gasteiger partial charge in [-0.05, 0) is 44.5 Å². The highest BCUT2D eigenvalue weighted by Gasteiger charge is 2.50. The summed E-state index contributed by atoms with van der Waals surface area (Å²) in [4.78, 5) is 31.3. The lowest BCUT2D eigenvalue weighted by atomic mass is 9.92. The summed E-state index contributed by atoms with van der Waals surface area (Å²) in [5.41, 5.74) is 2.69. The standard InChI is InChI=1S/C22H19Cl2N3O3/c1-12-4-6-16(13(2)8-12)19-25-15(11-30-19)10-27-20(28)22(3,26-21(27)29)17-7-5-14(23)9-18(17)24/h4-9,11H,10H2,1-3H3,(H,26,29)/t22-/m0/s1. The molecule has 8 heteroatoms.